The molecule has 116 valence electrons. The lowest BCUT2D eigenvalue weighted by Crippen LogP contribution is -2.43. The number of sulfonamides is 1. The molecule has 4 N–H and O–H groups in total. The summed E-state index contributed by atoms with van der Waals surface area (Å²) in [5.41, 5.74) is 4.87. The molecule has 0 spiro atoms. The summed E-state index contributed by atoms with van der Waals surface area (Å²) >= 11 is 14.7. The van der Waals surface area contributed by atoms with Crippen molar-refractivity contribution in [3.05, 3.63) is 26.7 Å². The molecule has 0 saturated carbocycles. The minimum atomic E-state index is -4.35. The van der Waals surface area contributed by atoms with Crippen LogP contribution < -0.4 is 10.5 Å². The summed E-state index contributed by atoms with van der Waals surface area (Å²) in [4.78, 5) is 21.3. The van der Waals surface area contributed by atoms with E-state index >= 15 is 0 Å². The number of rotatable bonds is 6. The monoisotopic (exact) mass is 418 g/mol. The number of hydrogen-bond acceptors (Lipinski definition) is 4. The van der Waals surface area contributed by atoms with Crippen LogP contribution in [0.25, 0.3) is 0 Å². The van der Waals surface area contributed by atoms with Crippen LogP contribution in [0.5, 0.6) is 0 Å². The van der Waals surface area contributed by atoms with Crippen LogP contribution >= 0.6 is 39.1 Å². The van der Waals surface area contributed by atoms with Gasteiger partial charge in [-0.15, -0.1) is 0 Å². The lowest BCUT2D eigenvalue weighted by Gasteiger charge is -2.15. The normalized spacial score (nSPS) is 12.9. The van der Waals surface area contributed by atoms with Crippen molar-refractivity contribution in [1.29, 1.82) is 0 Å². The van der Waals surface area contributed by atoms with Crippen molar-refractivity contribution in [3.8, 4) is 0 Å². The zero-order chi connectivity index (χ0) is 16.4. The first-order valence-electron chi connectivity index (χ1n) is 5.22. The highest BCUT2D eigenvalue weighted by atomic mass is 79.9. The highest BCUT2D eigenvalue weighted by Crippen LogP contribution is 2.32. The standard InChI is InChI=1S/C10H9BrCl2N2O5S/c11-4-1-5(12)9(6(13)2-4)21(19,20)15-7(10(17)18)3-8(14)16/h1-2,7,15H,3H2,(H2,14,16)(H,17,18)/t7-/m1/s1. The second-order valence-electron chi connectivity index (χ2n) is 3.88. The molecule has 0 heterocycles. The van der Waals surface area contributed by atoms with Gasteiger partial charge in [0.2, 0.25) is 15.9 Å². The summed E-state index contributed by atoms with van der Waals surface area (Å²) in [5.74, 6) is -2.53. The summed E-state index contributed by atoms with van der Waals surface area (Å²) in [5, 5.41) is 8.50. The van der Waals surface area contributed by atoms with Crippen LogP contribution in [0.2, 0.25) is 10.0 Å². The fraction of sp³-hybridized carbons (Fsp3) is 0.200. The number of aliphatic carboxylic acids is 1. The van der Waals surface area contributed by atoms with Crippen LogP contribution in [0.15, 0.2) is 21.5 Å². The molecule has 0 aromatic heterocycles. The van der Waals surface area contributed by atoms with Crippen molar-refractivity contribution in [1.82, 2.24) is 4.72 Å². The van der Waals surface area contributed by atoms with E-state index in [1.165, 1.54) is 12.1 Å². The Kier molecular flexibility index (Phi) is 6.00. The third-order valence-corrected chi connectivity index (χ3v) is 5.08. The molecule has 7 nitrogen and oxygen atoms in total. The fourth-order valence-corrected chi connectivity index (χ4v) is 4.54. The molecule has 0 aliphatic carbocycles. The predicted molar refractivity (Wildman–Crippen MR) is 79.7 cm³/mol. The number of primary amides is 1. The fourth-order valence-electron chi connectivity index (χ4n) is 1.41. The first kappa shape index (κ1) is 18.2. The molecule has 1 amide bonds. The number of carboxylic acids is 1. The molecule has 0 aliphatic rings. The minimum Gasteiger partial charge on any atom is -0.480 e. The summed E-state index contributed by atoms with van der Waals surface area (Å²) in [6.07, 6.45) is -0.708. The van der Waals surface area contributed by atoms with Crippen molar-refractivity contribution in [3.63, 3.8) is 0 Å². The molecule has 1 atom stereocenters. The van der Waals surface area contributed by atoms with E-state index < -0.39 is 39.3 Å². The van der Waals surface area contributed by atoms with Crippen molar-refractivity contribution in [2.75, 3.05) is 0 Å². The molecule has 0 saturated heterocycles. The van der Waals surface area contributed by atoms with Gasteiger partial charge in [0.25, 0.3) is 0 Å². The quantitative estimate of drug-likeness (QED) is 0.641. The van der Waals surface area contributed by atoms with Crippen molar-refractivity contribution >= 4 is 61.0 Å². The zero-order valence-corrected chi connectivity index (χ0v) is 14.1. The molecule has 1 aromatic carbocycles. The van der Waals surface area contributed by atoms with Gasteiger partial charge in [-0.2, -0.15) is 4.72 Å². The third kappa shape index (κ3) is 4.82. The minimum absolute atomic E-state index is 0.204. The number of carbonyl (C=O) groups is 2. The molecule has 1 rings (SSSR count). The lowest BCUT2D eigenvalue weighted by molar-refractivity contribution is -0.140. The average molecular weight is 420 g/mol. The van der Waals surface area contributed by atoms with Crippen molar-refractivity contribution < 1.29 is 23.1 Å². The second kappa shape index (κ2) is 6.93. The Bertz CT molecular complexity index is 672. The molecular formula is C10H9BrCl2N2O5S. The molecule has 0 radical (unpaired) electrons. The largest absolute Gasteiger partial charge is 0.480 e. The van der Waals surface area contributed by atoms with E-state index in [-0.39, 0.29) is 10.0 Å². The van der Waals surface area contributed by atoms with Crippen LogP contribution in [0.4, 0.5) is 0 Å². The number of amides is 1. The van der Waals surface area contributed by atoms with Gasteiger partial charge >= 0.3 is 5.97 Å². The molecule has 1 aromatic rings. The molecule has 0 unspecified atom stereocenters. The first-order chi connectivity index (χ1) is 9.54. The average Bonchev–Trinajstić information content (AvgIpc) is 2.24. The van der Waals surface area contributed by atoms with E-state index in [1.54, 1.807) is 0 Å². The Hall–Kier alpha value is -0.870. The van der Waals surface area contributed by atoms with Gasteiger partial charge in [-0.1, -0.05) is 39.1 Å². The van der Waals surface area contributed by atoms with Gasteiger partial charge < -0.3 is 10.8 Å². The maximum Gasteiger partial charge on any atom is 0.322 e. The molecule has 0 fully saturated rings. The molecule has 21 heavy (non-hydrogen) atoms. The van der Waals surface area contributed by atoms with Gasteiger partial charge in [-0.3, -0.25) is 9.59 Å². The van der Waals surface area contributed by atoms with Gasteiger partial charge in [0.15, 0.2) is 0 Å². The van der Waals surface area contributed by atoms with Crippen LogP contribution in [0.3, 0.4) is 0 Å². The summed E-state index contributed by atoms with van der Waals surface area (Å²) in [7, 11) is -4.35. The van der Waals surface area contributed by atoms with Crippen LogP contribution in [0.1, 0.15) is 6.42 Å². The Morgan fingerprint density at radius 2 is 1.81 bits per heavy atom. The second-order valence-corrected chi connectivity index (χ2v) is 7.26. The van der Waals surface area contributed by atoms with Crippen LogP contribution in [-0.4, -0.2) is 31.4 Å². The van der Waals surface area contributed by atoms with Crippen molar-refractivity contribution in [2.24, 2.45) is 5.73 Å². The maximum absolute atomic E-state index is 12.2. The molecular weight excluding hydrogens is 411 g/mol. The van der Waals surface area contributed by atoms with E-state index in [2.05, 4.69) is 15.9 Å². The van der Waals surface area contributed by atoms with Gasteiger partial charge in [0.05, 0.1) is 16.5 Å². The Labute approximate surface area is 138 Å². The van der Waals surface area contributed by atoms with Gasteiger partial charge in [-0.05, 0) is 12.1 Å². The number of nitrogens with two attached hydrogens (primary N) is 1. The van der Waals surface area contributed by atoms with E-state index in [1.807, 2.05) is 4.72 Å². The third-order valence-electron chi connectivity index (χ3n) is 2.23. The number of carboxylic acid groups (broad SMARTS) is 1. The summed E-state index contributed by atoms with van der Waals surface area (Å²) in [6.45, 7) is 0. The van der Waals surface area contributed by atoms with Crippen molar-refractivity contribution in [2.45, 2.75) is 17.4 Å². The topological polar surface area (TPSA) is 127 Å². The van der Waals surface area contributed by atoms with Gasteiger partial charge in [0, 0.05) is 4.47 Å². The van der Waals surface area contributed by atoms with Gasteiger partial charge in [-0.25, -0.2) is 8.42 Å². The van der Waals surface area contributed by atoms with E-state index in [0.717, 1.165) is 0 Å². The van der Waals surface area contributed by atoms with E-state index in [0.29, 0.717) is 4.47 Å². The smallest absolute Gasteiger partial charge is 0.322 e. The maximum atomic E-state index is 12.2. The highest BCUT2D eigenvalue weighted by molar-refractivity contribution is 9.10. The SMILES string of the molecule is NC(=O)C[C@@H](NS(=O)(=O)c1c(Cl)cc(Br)cc1Cl)C(=O)O. The predicted octanol–water partition coefficient (Wildman–Crippen LogP) is 1.36. The Balaban J connectivity index is 3.23. The summed E-state index contributed by atoms with van der Waals surface area (Å²) < 4.78 is 26.6. The zero-order valence-electron chi connectivity index (χ0n) is 10.1. The molecule has 0 aliphatic heterocycles. The number of halogens is 3. The molecule has 11 heteroatoms. The number of nitrogens with one attached hydrogen (secondary N) is 1. The number of benzene rings is 1. The first-order valence-corrected chi connectivity index (χ1v) is 8.26. The van der Waals surface area contributed by atoms with E-state index in [4.69, 9.17) is 34.0 Å². The van der Waals surface area contributed by atoms with Crippen LogP contribution in [-0.2, 0) is 19.6 Å². The summed E-state index contributed by atoms with van der Waals surface area (Å²) in [6, 6.07) is 0.848. The van der Waals surface area contributed by atoms with Gasteiger partial charge in [0.1, 0.15) is 10.9 Å². The van der Waals surface area contributed by atoms with E-state index in [9.17, 15) is 18.0 Å². The Morgan fingerprint density at radius 3 is 2.19 bits per heavy atom. The lowest BCUT2D eigenvalue weighted by atomic mass is 10.2. The molecule has 0 bridgehead atoms. The Morgan fingerprint density at radius 1 is 1.33 bits per heavy atom. The number of carbonyl (C=O) groups excluding carboxylic acids is 1. The van der Waals surface area contributed by atoms with Crippen LogP contribution in [0, 0.1) is 0 Å². The number of hydrogen-bond donors (Lipinski definition) is 3. The highest BCUT2D eigenvalue weighted by Gasteiger charge is 2.30.